The smallest absolute Gasteiger partial charge is 0.237 e. The highest BCUT2D eigenvalue weighted by Crippen LogP contribution is 2.27. The summed E-state index contributed by atoms with van der Waals surface area (Å²) in [5.41, 5.74) is 1.84. The molecule has 2 fully saturated rings. The summed E-state index contributed by atoms with van der Waals surface area (Å²) in [5, 5.41) is 14.2. The molecule has 1 aromatic carbocycles. The van der Waals surface area contributed by atoms with Crippen molar-refractivity contribution in [3.63, 3.8) is 0 Å². The van der Waals surface area contributed by atoms with E-state index in [0.717, 1.165) is 29.6 Å². The number of nitriles is 1. The Morgan fingerprint density at radius 2 is 2.29 bits per heavy atom. The molecule has 2 aliphatic heterocycles. The lowest BCUT2D eigenvalue weighted by molar-refractivity contribution is -0.132. The molecule has 146 valence electrons. The predicted octanol–water partition coefficient (Wildman–Crippen LogP) is 2.84. The van der Waals surface area contributed by atoms with E-state index in [1.165, 1.54) is 4.90 Å². The first kappa shape index (κ1) is 18.9. The largest absolute Gasteiger partial charge is 0.380 e. The third kappa shape index (κ3) is 3.89. The van der Waals surface area contributed by atoms with Crippen molar-refractivity contribution in [1.82, 2.24) is 14.8 Å². The topological polar surface area (TPSA) is 72.3 Å². The number of anilines is 1. The molecule has 2 aliphatic rings. The van der Waals surface area contributed by atoms with Gasteiger partial charge >= 0.3 is 0 Å². The molecular weight excluding hydrogens is 381 g/mol. The summed E-state index contributed by atoms with van der Waals surface area (Å²) in [4.78, 5) is 20.3. The van der Waals surface area contributed by atoms with Crippen LogP contribution in [-0.2, 0) is 4.79 Å². The number of aromatic nitrogens is 1. The quantitative estimate of drug-likeness (QED) is 0.852. The molecule has 6 nitrogen and oxygen atoms in total. The molecule has 8 heteroatoms. The van der Waals surface area contributed by atoms with Crippen LogP contribution in [0.25, 0.3) is 10.9 Å². The lowest BCUT2D eigenvalue weighted by atomic mass is 10.1. The van der Waals surface area contributed by atoms with Crippen LogP contribution in [0.5, 0.6) is 0 Å². The maximum absolute atomic E-state index is 13.6. The van der Waals surface area contributed by atoms with E-state index in [1.807, 2.05) is 30.3 Å². The Morgan fingerprint density at radius 3 is 3.11 bits per heavy atom. The minimum atomic E-state index is -1.10. The van der Waals surface area contributed by atoms with Crippen LogP contribution in [0.2, 0.25) is 5.02 Å². The Hall–Kier alpha value is -2.43. The molecule has 0 saturated carbocycles. The molecule has 0 radical (unpaired) electrons. The third-order valence-corrected chi connectivity index (χ3v) is 5.61. The fourth-order valence-corrected chi connectivity index (χ4v) is 4.19. The van der Waals surface area contributed by atoms with Gasteiger partial charge in [-0.05, 0) is 24.6 Å². The van der Waals surface area contributed by atoms with Gasteiger partial charge in [0.15, 0.2) is 0 Å². The summed E-state index contributed by atoms with van der Waals surface area (Å²) in [6.45, 7) is 1.72. The van der Waals surface area contributed by atoms with Gasteiger partial charge in [0.05, 0.1) is 29.7 Å². The summed E-state index contributed by atoms with van der Waals surface area (Å²) in [6.07, 6.45) is 1.54. The van der Waals surface area contributed by atoms with Gasteiger partial charge in [0.2, 0.25) is 5.91 Å². The van der Waals surface area contributed by atoms with Gasteiger partial charge in [-0.1, -0.05) is 17.7 Å². The average Bonchev–Trinajstić information content (AvgIpc) is 3.28. The minimum Gasteiger partial charge on any atom is -0.380 e. The van der Waals surface area contributed by atoms with Gasteiger partial charge in [0.1, 0.15) is 12.2 Å². The predicted molar refractivity (Wildman–Crippen MR) is 106 cm³/mol. The molecule has 2 saturated heterocycles. The molecule has 1 N–H and O–H groups in total. The molecule has 0 spiro atoms. The SMILES string of the molecule is N#CC1C[C@H](F)CN1C(=O)CN1CC[C@H](Nc2cccc3ncc(Cl)cc23)C1. The number of hydrogen-bond donors (Lipinski definition) is 1. The average molecular weight is 402 g/mol. The molecule has 0 aliphatic carbocycles. The minimum absolute atomic E-state index is 0.0241. The first-order valence-electron chi connectivity index (χ1n) is 9.40. The number of hydrogen-bond acceptors (Lipinski definition) is 5. The number of pyridine rings is 1. The Bertz CT molecular complexity index is 932. The van der Waals surface area contributed by atoms with Crippen LogP contribution >= 0.6 is 11.6 Å². The van der Waals surface area contributed by atoms with Crippen LogP contribution in [0.4, 0.5) is 10.1 Å². The number of nitrogens with one attached hydrogen (secondary N) is 1. The Morgan fingerprint density at radius 1 is 1.43 bits per heavy atom. The molecule has 1 amide bonds. The van der Waals surface area contributed by atoms with Crippen molar-refractivity contribution in [3.8, 4) is 6.07 Å². The van der Waals surface area contributed by atoms with Crippen LogP contribution in [0, 0.1) is 11.3 Å². The highest BCUT2D eigenvalue weighted by Gasteiger charge is 2.36. The van der Waals surface area contributed by atoms with Crippen molar-refractivity contribution in [2.45, 2.75) is 31.1 Å². The van der Waals surface area contributed by atoms with E-state index in [-0.39, 0.29) is 31.5 Å². The fourth-order valence-electron chi connectivity index (χ4n) is 4.03. The first-order valence-corrected chi connectivity index (χ1v) is 9.77. The van der Waals surface area contributed by atoms with E-state index in [4.69, 9.17) is 16.9 Å². The van der Waals surface area contributed by atoms with E-state index < -0.39 is 12.2 Å². The van der Waals surface area contributed by atoms with Gasteiger partial charge in [-0.2, -0.15) is 5.26 Å². The fraction of sp³-hybridized carbons (Fsp3) is 0.450. The normalized spacial score (nSPS) is 25.2. The third-order valence-electron chi connectivity index (χ3n) is 5.40. The van der Waals surface area contributed by atoms with Crippen molar-refractivity contribution in [3.05, 3.63) is 35.5 Å². The number of carbonyl (C=O) groups is 1. The van der Waals surface area contributed by atoms with Crippen LogP contribution in [-0.4, -0.2) is 65.1 Å². The zero-order chi connectivity index (χ0) is 19.7. The van der Waals surface area contributed by atoms with Gasteiger partial charge in [-0.15, -0.1) is 0 Å². The highest BCUT2D eigenvalue weighted by atomic mass is 35.5. The first-order chi connectivity index (χ1) is 13.5. The number of carbonyl (C=O) groups excluding carboxylic acids is 1. The maximum atomic E-state index is 13.6. The van der Waals surface area contributed by atoms with Crippen LogP contribution in [0.1, 0.15) is 12.8 Å². The lowest BCUT2D eigenvalue weighted by Crippen LogP contribution is -2.42. The molecule has 3 atom stereocenters. The zero-order valence-corrected chi connectivity index (χ0v) is 16.1. The number of likely N-dealkylation sites (tertiary alicyclic amines) is 2. The second-order valence-corrected chi connectivity index (χ2v) is 7.85. The molecule has 1 aromatic heterocycles. The zero-order valence-electron chi connectivity index (χ0n) is 15.3. The van der Waals surface area contributed by atoms with Crippen molar-refractivity contribution >= 4 is 34.1 Å². The Balaban J connectivity index is 1.38. The van der Waals surface area contributed by atoms with Crippen LogP contribution < -0.4 is 5.32 Å². The molecule has 2 aromatic rings. The second kappa shape index (κ2) is 7.90. The van der Waals surface area contributed by atoms with Crippen molar-refractivity contribution in [1.29, 1.82) is 5.26 Å². The number of alkyl halides is 1. The summed E-state index contributed by atoms with van der Waals surface area (Å²) in [5.74, 6) is -0.173. The number of amides is 1. The number of halogens is 2. The van der Waals surface area contributed by atoms with Gasteiger partial charge in [-0.25, -0.2) is 4.39 Å². The van der Waals surface area contributed by atoms with Gasteiger partial charge in [0.25, 0.3) is 0 Å². The Kier molecular flexibility index (Phi) is 5.33. The van der Waals surface area contributed by atoms with Gasteiger partial charge in [0, 0.05) is 42.8 Å². The maximum Gasteiger partial charge on any atom is 0.237 e. The van der Waals surface area contributed by atoms with E-state index in [1.54, 1.807) is 6.20 Å². The van der Waals surface area contributed by atoms with Gasteiger partial charge in [-0.3, -0.25) is 14.7 Å². The van der Waals surface area contributed by atoms with E-state index in [9.17, 15) is 9.18 Å². The summed E-state index contributed by atoms with van der Waals surface area (Å²) in [6, 6.07) is 9.36. The van der Waals surface area contributed by atoms with E-state index >= 15 is 0 Å². The standard InChI is InChI=1S/C20H21ClFN5O/c21-13-6-17-18(24-9-13)2-1-3-19(17)25-15-4-5-26(11-15)12-20(28)27-10-14(22)7-16(27)8-23/h1-3,6,9,14-16,25H,4-5,7,10-12H2/t14-,15-,16?/m0/s1. The molecule has 1 unspecified atom stereocenters. The molecule has 28 heavy (non-hydrogen) atoms. The van der Waals surface area contributed by atoms with Crippen LogP contribution in [0.3, 0.4) is 0 Å². The summed E-state index contributed by atoms with van der Waals surface area (Å²) < 4.78 is 13.6. The van der Waals surface area contributed by atoms with Crippen LogP contribution in [0.15, 0.2) is 30.5 Å². The number of benzene rings is 1. The molecule has 4 rings (SSSR count). The summed E-state index contributed by atoms with van der Waals surface area (Å²) in [7, 11) is 0. The number of fused-ring (bicyclic) bond motifs is 1. The number of rotatable bonds is 4. The Labute approximate surface area is 167 Å². The summed E-state index contributed by atoms with van der Waals surface area (Å²) >= 11 is 6.09. The monoisotopic (exact) mass is 401 g/mol. The highest BCUT2D eigenvalue weighted by molar-refractivity contribution is 6.31. The van der Waals surface area contributed by atoms with Gasteiger partial charge < -0.3 is 10.2 Å². The van der Waals surface area contributed by atoms with Crippen molar-refractivity contribution in [2.24, 2.45) is 0 Å². The van der Waals surface area contributed by atoms with Crippen molar-refractivity contribution < 1.29 is 9.18 Å². The van der Waals surface area contributed by atoms with E-state index in [2.05, 4.69) is 15.2 Å². The van der Waals surface area contributed by atoms with Crippen molar-refractivity contribution in [2.75, 3.05) is 31.5 Å². The molecule has 3 heterocycles. The lowest BCUT2D eigenvalue weighted by Gasteiger charge is -2.23. The van der Waals surface area contributed by atoms with E-state index in [0.29, 0.717) is 11.6 Å². The molecule has 0 bridgehead atoms. The molecular formula is C20H21ClFN5O. The second-order valence-electron chi connectivity index (χ2n) is 7.41. The number of nitrogens with zero attached hydrogens (tertiary/aromatic N) is 4.